The Morgan fingerprint density at radius 2 is 1.24 bits per heavy atom. The number of benzene rings is 3. The fourth-order valence-corrected chi connectivity index (χ4v) is 4.99. The van der Waals surface area contributed by atoms with Gasteiger partial charge in [-0.05, 0) is 52.9 Å². The molecule has 5 aromatic rings. The lowest BCUT2D eigenvalue weighted by molar-refractivity contribution is 0.0681. The number of carboxylic acids is 2. The summed E-state index contributed by atoms with van der Waals surface area (Å²) in [5, 5.41) is 32.3. The fourth-order valence-electron chi connectivity index (χ4n) is 4.48. The molecular weight excluding hydrogens is 535 g/mol. The number of carbonyl (C=O) groups is 2. The van der Waals surface area contributed by atoms with Crippen LogP contribution >= 0.6 is 22.6 Å². The molecule has 2 aromatic heterocycles. The molecule has 0 aliphatic heterocycles. The Hall–Kier alpha value is -3.79. The van der Waals surface area contributed by atoms with Crippen molar-refractivity contribution in [3.8, 4) is 5.75 Å². The topological polar surface area (TPSA) is 126 Å². The molecule has 0 aliphatic carbocycles. The minimum Gasteiger partial charge on any atom is -0.508 e. The highest BCUT2D eigenvalue weighted by Gasteiger charge is 2.34. The highest BCUT2D eigenvalue weighted by atomic mass is 127. The second-order valence-electron chi connectivity index (χ2n) is 7.66. The molecule has 0 radical (unpaired) electrons. The van der Waals surface area contributed by atoms with Gasteiger partial charge in [-0.2, -0.15) is 0 Å². The number of aromatic amines is 2. The van der Waals surface area contributed by atoms with Crippen molar-refractivity contribution >= 4 is 56.3 Å². The first-order valence-corrected chi connectivity index (χ1v) is 11.1. The maximum atomic E-state index is 12.3. The molecule has 8 heteroatoms. The zero-order valence-corrected chi connectivity index (χ0v) is 19.1. The zero-order valence-electron chi connectivity index (χ0n) is 17.0. The molecule has 0 atom stereocenters. The first kappa shape index (κ1) is 21.1. The first-order chi connectivity index (χ1) is 15.9. The zero-order chi connectivity index (χ0) is 23.3. The second-order valence-corrected chi connectivity index (χ2v) is 8.91. The Kier molecular flexibility index (Phi) is 5.09. The lowest BCUT2D eigenvalue weighted by atomic mass is 9.81. The fraction of sp³-hybridized carbons (Fsp3) is 0.0400. The predicted octanol–water partition coefficient (Wildman–Crippen LogP) is 5.54. The van der Waals surface area contributed by atoms with Gasteiger partial charge in [-0.3, -0.25) is 0 Å². The summed E-state index contributed by atoms with van der Waals surface area (Å²) in [7, 11) is 0. The molecular formula is C25H17IN2O5. The number of carboxylic acid groups (broad SMARTS) is 2. The lowest BCUT2D eigenvalue weighted by Gasteiger charge is -2.21. The van der Waals surface area contributed by atoms with Gasteiger partial charge in [0.1, 0.15) is 17.1 Å². The van der Waals surface area contributed by atoms with Crippen molar-refractivity contribution in [2.45, 2.75) is 5.92 Å². The van der Waals surface area contributed by atoms with Crippen molar-refractivity contribution in [1.82, 2.24) is 9.97 Å². The van der Waals surface area contributed by atoms with Gasteiger partial charge in [0.2, 0.25) is 0 Å². The van der Waals surface area contributed by atoms with Gasteiger partial charge < -0.3 is 25.3 Å². The predicted molar refractivity (Wildman–Crippen MR) is 132 cm³/mol. The number of para-hydroxylation sites is 2. The van der Waals surface area contributed by atoms with Crippen molar-refractivity contribution in [3.05, 3.63) is 98.4 Å². The average Bonchev–Trinajstić information content (AvgIpc) is 3.37. The number of hydrogen-bond acceptors (Lipinski definition) is 3. The van der Waals surface area contributed by atoms with Crippen molar-refractivity contribution in [3.63, 3.8) is 0 Å². The van der Waals surface area contributed by atoms with Crippen LogP contribution in [0.15, 0.2) is 66.7 Å². The van der Waals surface area contributed by atoms with Crippen LogP contribution in [0.2, 0.25) is 0 Å². The number of hydrogen-bond donors (Lipinski definition) is 5. The third kappa shape index (κ3) is 3.43. The van der Waals surface area contributed by atoms with E-state index in [1.165, 1.54) is 6.07 Å². The summed E-state index contributed by atoms with van der Waals surface area (Å²) in [5.41, 5.74) is 2.31. The monoisotopic (exact) mass is 552 g/mol. The van der Waals surface area contributed by atoms with Gasteiger partial charge in [0.15, 0.2) is 0 Å². The first-order valence-electron chi connectivity index (χ1n) is 10.0. The Balaban J connectivity index is 1.98. The minimum atomic E-state index is -1.17. The number of nitrogens with one attached hydrogen (secondary N) is 2. The molecule has 0 spiro atoms. The number of aromatic hydroxyl groups is 1. The smallest absolute Gasteiger partial charge is 0.352 e. The van der Waals surface area contributed by atoms with Gasteiger partial charge in [-0.25, -0.2) is 9.59 Å². The number of aromatic nitrogens is 2. The third-order valence-corrected chi connectivity index (χ3v) is 6.47. The van der Waals surface area contributed by atoms with E-state index < -0.39 is 17.9 Å². The highest BCUT2D eigenvalue weighted by Crippen LogP contribution is 2.45. The number of fused-ring (bicyclic) bond motifs is 2. The Labute approximate surface area is 200 Å². The van der Waals surface area contributed by atoms with Crippen LogP contribution in [-0.4, -0.2) is 37.2 Å². The molecule has 0 amide bonds. The van der Waals surface area contributed by atoms with Crippen LogP contribution in [0.1, 0.15) is 43.6 Å². The van der Waals surface area contributed by atoms with Gasteiger partial charge in [0.05, 0.1) is 0 Å². The molecule has 0 fully saturated rings. The van der Waals surface area contributed by atoms with Crippen LogP contribution in [0.4, 0.5) is 0 Å². The number of phenolic OH excluding ortho intramolecular Hbond substituents is 1. The molecule has 7 nitrogen and oxygen atoms in total. The average molecular weight is 552 g/mol. The van der Waals surface area contributed by atoms with E-state index in [0.717, 1.165) is 3.57 Å². The van der Waals surface area contributed by atoms with E-state index in [-0.39, 0.29) is 17.1 Å². The van der Waals surface area contributed by atoms with Gasteiger partial charge in [-0.15, -0.1) is 0 Å². The Bertz CT molecular complexity index is 1470. The largest absolute Gasteiger partial charge is 0.508 e. The quantitative estimate of drug-likeness (QED) is 0.183. The van der Waals surface area contributed by atoms with Gasteiger partial charge in [0, 0.05) is 48.0 Å². The van der Waals surface area contributed by atoms with Crippen LogP contribution < -0.4 is 0 Å². The van der Waals surface area contributed by atoms with Crippen LogP contribution in [0.3, 0.4) is 0 Å². The summed E-state index contributed by atoms with van der Waals surface area (Å²) in [4.78, 5) is 30.6. The van der Waals surface area contributed by atoms with E-state index in [1.54, 1.807) is 60.7 Å². The van der Waals surface area contributed by atoms with Crippen LogP contribution in [-0.2, 0) is 0 Å². The summed E-state index contributed by atoms with van der Waals surface area (Å²) in [6.07, 6.45) is 0. The lowest BCUT2D eigenvalue weighted by Crippen LogP contribution is -2.13. The van der Waals surface area contributed by atoms with E-state index in [1.807, 2.05) is 0 Å². The van der Waals surface area contributed by atoms with Crippen molar-refractivity contribution < 1.29 is 24.9 Å². The summed E-state index contributed by atoms with van der Waals surface area (Å²) >= 11 is 2.11. The maximum Gasteiger partial charge on any atom is 0.352 e. The van der Waals surface area contributed by atoms with Gasteiger partial charge in [0.25, 0.3) is 0 Å². The molecule has 5 rings (SSSR count). The summed E-state index contributed by atoms with van der Waals surface area (Å²) in [5.74, 6) is -3.27. The summed E-state index contributed by atoms with van der Waals surface area (Å²) < 4.78 is 0.818. The van der Waals surface area contributed by atoms with Crippen molar-refractivity contribution in [2.75, 3.05) is 0 Å². The maximum absolute atomic E-state index is 12.3. The normalized spacial score (nSPS) is 11.5. The highest BCUT2D eigenvalue weighted by molar-refractivity contribution is 14.1. The molecule has 3 aromatic carbocycles. The Morgan fingerprint density at radius 3 is 1.73 bits per heavy atom. The number of phenols is 1. The molecule has 0 unspecified atom stereocenters. The molecule has 2 heterocycles. The second kappa shape index (κ2) is 7.96. The molecule has 33 heavy (non-hydrogen) atoms. The van der Waals surface area contributed by atoms with Crippen molar-refractivity contribution in [2.24, 2.45) is 0 Å². The molecule has 164 valence electrons. The van der Waals surface area contributed by atoms with E-state index in [4.69, 9.17) is 0 Å². The molecule has 5 N–H and O–H groups in total. The summed E-state index contributed by atoms with van der Waals surface area (Å²) in [6, 6.07) is 19.3. The SMILES string of the molecule is O=C(O)c1[nH]c2ccccc2c1C(c1cc(I)ccc1O)c1c(C(=O)O)[nH]c2ccccc12. The summed E-state index contributed by atoms with van der Waals surface area (Å²) in [6.45, 7) is 0. The van der Waals surface area contributed by atoms with Gasteiger partial charge >= 0.3 is 11.9 Å². The van der Waals surface area contributed by atoms with Gasteiger partial charge in [-0.1, -0.05) is 36.4 Å². The van der Waals surface area contributed by atoms with E-state index in [9.17, 15) is 24.9 Å². The van der Waals surface area contributed by atoms with Crippen LogP contribution in [0.25, 0.3) is 21.8 Å². The van der Waals surface area contributed by atoms with Crippen LogP contribution in [0, 0.1) is 3.57 Å². The number of H-pyrrole nitrogens is 2. The van der Waals surface area contributed by atoms with E-state index in [0.29, 0.717) is 38.5 Å². The number of halogens is 1. The third-order valence-electron chi connectivity index (χ3n) is 5.80. The Morgan fingerprint density at radius 1 is 0.758 bits per heavy atom. The van der Waals surface area contributed by atoms with E-state index in [2.05, 4.69) is 32.6 Å². The standard InChI is InChI=1S/C25H17IN2O5/c26-12-9-10-18(29)15(11-12)19(20-13-5-1-3-7-16(13)27-22(20)24(30)31)21-14-6-2-4-8-17(14)28-23(21)25(32)33/h1-11,19,27-29H,(H,30,31)(H,32,33). The minimum absolute atomic E-state index is 0.0522. The molecule has 0 bridgehead atoms. The van der Waals surface area contributed by atoms with E-state index >= 15 is 0 Å². The molecule has 0 saturated carbocycles. The van der Waals surface area contributed by atoms with Crippen LogP contribution in [0.5, 0.6) is 5.75 Å². The van der Waals surface area contributed by atoms with Crippen molar-refractivity contribution in [1.29, 1.82) is 0 Å². The molecule has 0 aliphatic rings. The molecule has 0 saturated heterocycles. The number of rotatable bonds is 5. The number of aromatic carboxylic acids is 2.